The second-order valence-electron chi connectivity index (χ2n) is 4.67. The lowest BCUT2D eigenvalue weighted by Crippen LogP contribution is -2.44. The molecule has 0 aliphatic heterocycles. The number of aryl methyl sites for hydroxylation is 1. The van der Waals surface area contributed by atoms with Crippen LogP contribution in [0.25, 0.3) is 0 Å². The van der Waals surface area contributed by atoms with Crippen LogP contribution in [0.2, 0.25) is 0 Å². The summed E-state index contributed by atoms with van der Waals surface area (Å²) in [6.07, 6.45) is 4.70. The van der Waals surface area contributed by atoms with Crippen molar-refractivity contribution < 1.29 is 14.7 Å². The van der Waals surface area contributed by atoms with E-state index in [0.717, 1.165) is 13.0 Å². The van der Waals surface area contributed by atoms with Gasteiger partial charge in [-0.05, 0) is 12.3 Å². The molecule has 6 nitrogen and oxygen atoms in total. The zero-order chi connectivity index (χ0) is 14.4. The van der Waals surface area contributed by atoms with E-state index in [4.69, 9.17) is 5.11 Å². The van der Waals surface area contributed by atoms with Crippen LogP contribution in [-0.2, 0) is 11.3 Å². The fraction of sp³-hybridized carbons (Fsp3) is 0.615. The minimum atomic E-state index is -1.01. The van der Waals surface area contributed by atoms with Crippen molar-refractivity contribution in [2.75, 3.05) is 0 Å². The normalized spacial score (nSPS) is 13.8. The van der Waals surface area contributed by atoms with Crippen molar-refractivity contribution in [3.8, 4) is 0 Å². The van der Waals surface area contributed by atoms with Crippen LogP contribution in [-0.4, -0.2) is 32.8 Å². The zero-order valence-electron chi connectivity index (χ0n) is 11.6. The molecule has 0 aromatic carbocycles. The predicted molar refractivity (Wildman–Crippen MR) is 70.9 cm³/mol. The first-order valence-electron chi connectivity index (χ1n) is 6.55. The number of aliphatic carboxylic acids is 1. The third kappa shape index (κ3) is 4.08. The molecule has 0 aliphatic carbocycles. The molecule has 0 saturated carbocycles. The van der Waals surface area contributed by atoms with E-state index in [1.54, 1.807) is 17.8 Å². The summed E-state index contributed by atoms with van der Waals surface area (Å²) in [5.41, 5.74) is 0.392. The van der Waals surface area contributed by atoms with Gasteiger partial charge in [-0.25, -0.2) is 4.79 Å². The molecule has 2 N–H and O–H groups in total. The molecule has 19 heavy (non-hydrogen) atoms. The molecule has 1 aromatic rings. The number of hydrogen-bond acceptors (Lipinski definition) is 3. The number of nitrogens with one attached hydrogen (secondary N) is 1. The zero-order valence-corrected chi connectivity index (χ0v) is 11.6. The molecule has 0 saturated heterocycles. The van der Waals surface area contributed by atoms with Crippen molar-refractivity contribution in [3.05, 3.63) is 18.0 Å². The van der Waals surface area contributed by atoms with Gasteiger partial charge in [-0.1, -0.05) is 27.2 Å². The number of carboxylic acid groups (broad SMARTS) is 1. The highest BCUT2D eigenvalue weighted by atomic mass is 16.4. The van der Waals surface area contributed by atoms with Gasteiger partial charge in [0.25, 0.3) is 5.91 Å². The van der Waals surface area contributed by atoms with E-state index >= 15 is 0 Å². The van der Waals surface area contributed by atoms with Gasteiger partial charge in [0.2, 0.25) is 0 Å². The topological polar surface area (TPSA) is 84.2 Å². The first-order valence-corrected chi connectivity index (χ1v) is 6.55. The largest absolute Gasteiger partial charge is 0.480 e. The van der Waals surface area contributed by atoms with Crippen LogP contribution < -0.4 is 5.32 Å². The maximum Gasteiger partial charge on any atom is 0.326 e. The summed E-state index contributed by atoms with van der Waals surface area (Å²) in [5.74, 6) is -1.52. The fourth-order valence-electron chi connectivity index (χ4n) is 1.74. The van der Waals surface area contributed by atoms with Crippen LogP contribution in [0.3, 0.4) is 0 Å². The molecule has 106 valence electrons. The maximum atomic E-state index is 12.0. The Balaban J connectivity index is 2.73. The highest BCUT2D eigenvalue weighted by Crippen LogP contribution is 2.09. The lowest BCUT2D eigenvalue weighted by molar-refractivity contribution is -0.140. The van der Waals surface area contributed by atoms with Gasteiger partial charge in [-0.3, -0.25) is 9.48 Å². The lowest BCUT2D eigenvalue weighted by atomic mass is 9.99. The van der Waals surface area contributed by atoms with E-state index < -0.39 is 17.9 Å². The van der Waals surface area contributed by atoms with Crippen molar-refractivity contribution in [2.45, 2.75) is 46.2 Å². The second-order valence-corrected chi connectivity index (χ2v) is 4.67. The highest BCUT2D eigenvalue weighted by molar-refractivity contribution is 5.96. The summed E-state index contributed by atoms with van der Waals surface area (Å²) in [6.45, 7) is 6.46. The third-order valence-electron chi connectivity index (χ3n) is 3.11. The Hall–Kier alpha value is -1.85. The number of amides is 1. The van der Waals surface area contributed by atoms with E-state index in [1.165, 1.54) is 6.20 Å². The summed E-state index contributed by atoms with van der Waals surface area (Å²) in [4.78, 5) is 23.1. The molecule has 0 unspecified atom stereocenters. The third-order valence-corrected chi connectivity index (χ3v) is 3.11. The SMILES string of the molecule is CCCn1cc(C(=O)N[C@H](C(=O)O)[C@@H](C)CC)cn1. The minimum Gasteiger partial charge on any atom is -0.480 e. The highest BCUT2D eigenvalue weighted by Gasteiger charge is 2.26. The summed E-state index contributed by atoms with van der Waals surface area (Å²) >= 11 is 0. The van der Waals surface area contributed by atoms with E-state index in [2.05, 4.69) is 10.4 Å². The second kappa shape index (κ2) is 6.92. The molecule has 6 heteroatoms. The quantitative estimate of drug-likeness (QED) is 0.784. The first-order chi connectivity index (χ1) is 8.99. The van der Waals surface area contributed by atoms with E-state index in [-0.39, 0.29) is 5.92 Å². The Morgan fingerprint density at radius 2 is 2.16 bits per heavy atom. The van der Waals surface area contributed by atoms with Crippen molar-refractivity contribution in [2.24, 2.45) is 5.92 Å². The Bertz CT molecular complexity index is 442. The van der Waals surface area contributed by atoms with E-state index in [1.807, 2.05) is 13.8 Å². The summed E-state index contributed by atoms with van der Waals surface area (Å²) in [7, 11) is 0. The van der Waals surface area contributed by atoms with Crippen LogP contribution in [0.15, 0.2) is 12.4 Å². The number of hydrogen-bond donors (Lipinski definition) is 2. The minimum absolute atomic E-state index is 0.118. The number of carboxylic acids is 1. The Morgan fingerprint density at radius 1 is 1.47 bits per heavy atom. The molecule has 2 atom stereocenters. The molecule has 1 aromatic heterocycles. The smallest absolute Gasteiger partial charge is 0.326 e. The molecule has 1 amide bonds. The molecular formula is C13H21N3O3. The van der Waals surface area contributed by atoms with Gasteiger partial charge in [0.1, 0.15) is 6.04 Å². The van der Waals surface area contributed by atoms with Gasteiger partial charge in [-0.15, -0.1) is 0 Å². The molecule has 1 rings (SSSR count). The van der Waals surface area contributed by atoms with Gasteiger partial charge in [-0.2, -0.15) is 5.10 Å². The Kier molecular flexibility index (Phi) is 5.54. The van der Waals surface area contributed by atoms with Gasteiger partial charge in [0.15, 0.2) is 0 Å². The summed E-state index contributed by atoms with van der Waals surface area (Å²) < 4.78 is 1.67. The summed E-state index contributed by atoms with van der Waals surface area (Å²) in [5, 5.41) is 15.7. The number of carbonyl (C=O) groups is 2. The van der Waals surface area contributed by atoms with Crippen LogP contribution in [0, 0.1) is 5.92 Å². The fourth-order valence-corrected chi connectivity index (χ4v) is 1.74. The molecule has 0 fully saturated rings. The van der Waals surface area contributed by atoms with Crippen molar-refractivity contribution in [1.29, 1.82) is 0 Å². The average molecular weight is 267 g/mol. The van der Waals surface area contributed by atoms with Crippen molar-refractivity contribution >= 4 is 11.9 Å². The molecule has 0 bridgehead atoms. The van der Waals surface area contributed by atoms with E-state index in [0.29, 0.717) is 12.0 Å². The first kappa shape index (κ1) is 15.2. The number of nitrogens with zero attached hydrogens (tertiary/aromatic N) is 2. The van der Waals surface area contributed by atoms with Crippen LogP contribution >= 0.6 is 0 Å². The van der Waals surface area contributed by atoms with Crippen LogP contribution in [0.1, 0.15) is 44.0 Å². The van der Waals surface area contributed by atoms with Gasteiger partial charge < -0.3 is 10.4 Å². The number of rotatable bonds is 7. The van der Waals surface area contributed by atoms with Crippen LogP contribution in [0.4, 0.5) is 0 Å². The Labute approximate surface area is 112 Å². The molecule has 0 aliphatic rings. The number of aromatic nitrogens is 2. The standard InChI is InChI=1S/C13H21N3O3/c1-4-6-16-8-10(7-14-16)12(17)15-11(13(18)19)9(3)5-2/h7-9,11H,4-6H2,1-3H3,(H,15,17)(H,18,19)/t9-,11-/m0/s1. The van der Waals surface area contributed by atoms with Gasteiger partial charge >= 0.3 is 5.97 Å². The van der Waals surface area contributed by atoms with Gasteiger partial charge in [0, 0.05) is 12.7 Å². The van der Waals surface area contributed by atoms with Crippen molar-refractivity contribution in [1.82, 2.24) is 15.1 Å². The molecule has 1 heterocycles. The maximum absolute atomic E-state index is 12.0. The molecule has 0 spiro atoms. The average Bonchev–Trinajstić information content (AvgIpc) is 2.83. The molecule has 0 radical (unpaired) electrons. The monoisotopic (exact) mass is 267 g/mol. The van der Waals surface area contributed by atoms with E-state index in [9.17, 15) is 9.59 Å². The van der Waals surface area contributed by atoms with Gasteiger partial charge in [0.05, 0.1) is 11.8 Å². The molecular weight excluding hydrogens is 246 g/mol. The van der Waals surface area contributed by atoms with Crippen LogP contribution in [0.5, 0.6) is 0 Å². The van der Waals surface area contributed by atoms with Crippen molar-refractivity contribution in [3.63, 3.8) is 0 Å². The predicted octanol–water partition coefficient (Wildman–Crippen LogP) is 1.52. The Morgan fingerprint density at radius 3 is 2.68 bits per heavy atom. The number of carbonyl (C=O) groups excluding carboxylic acids is 1. The summed E-state index contributed by atoms with van der Waals surface area (Å²) in [6, 6.07) is -0.868. The lowest BCUT2D eigenvalue weighted by Gasteiger charge is -2.19.